The number of hydrogen-bond donors (Lipinski definition) is 1. The van der Waals surface area contributed by atoms with Gasteiger partial charge in [-0.3, -0.25) is 4.79 Å². The first-order chi connectivity index (χ1) is 11.1. The number of aryl methyl sites for hydroxylation is 1. The zero-order valence-corrected chi connectivity index (χ0v) is 13.7. The van der Waals surface area contributed by atoms with E-state index in [2.05, 4.69) is 10.1 Å². The van der Waals surface area contributed by atoms with Crippen molar-refractivity contribution in [3.8, 4) is 5.69 Å². The van der Waals surface area contributed by atoms with E-state index in [1.807, 2.05) is 25.1 Å². The minimum atomic E-state index is -0.469. The molecular formula is C16H19ClN4O2. The van der Waals surface area contributed by atoms with Crippen LogP contribution in [0.5, 0.6) is 0 Å². The second kappa shape index (κ2) is 6.68. The molecule has 0 saturated carbocycles. The number of aliphatic hydroxyl groups excluding tert-OH is 1. The minimum absolute atomic E-state index is 0.149. The summed E-state index contributed by atoms with van der Waals surface area (Å²) in [6.07, 6.45) is 1.68. The zero-order valence-electron chi connectivity index (χ0n) is 12.9. The number of aromatic nitrogens is 3. The van der Waals surface area contributed by atoms with E-state index in [9.17, 15) is 9.90 Å². The number of para-hydroxylation sites is 1. The number of halogens is 1. The molecule has 1 saturated heterocycles. The second-order valence-electron chi connectivity index (χ2n) is 5.62. The number of benzene rings is 1. The molecule has 0 bridgehead atoms. The van der Waals surface area contributed by atoms with Crippen LogP contribution in [0.3, 0.4) is 0 Å². The van der Waals surface area contributed by atoms with Gasteiger partial charge in [-0.1, -0.05) is 30.7 Å². The van der Waals surface area contributed by atoms with E-state index in [1.54, 1.807) is 15.6 Å². The molecule has 1 unspecified atom stereocenters. The molecule has 3 rings (SSSR count). The first-order valence-corrected chi connectivity index (χ1v) is 8.16. The van der Waals surface area contributed by atoms with Crippen molar-refractivity contribution in [3.63, 3.8) is 0 Å². The lowest BCUT2D eigenvalue weighted by Crippen LogP contribution is -2.42. The molecule has 7 heteroatoms. The van der Waals surface area contributed by atoms with Crippen molar-refractivity contribution in [1.29, 1.82) is 0 Å². The van der Waals surface area contributed by atoms with Gasteiger partial charge in [0, 0.05) is 19.5 Å². The van der Waals surface area contributed by atoms with Gasteiger partial charge in [-0.15, -0.1) is 5.10 Å². The Kier molecular flexibility index (Phi) is 4.63. The van der Waals surface area contributed by atoms with Crippen molar-refractivity contribution in [2.75, 3.05) is 13.1 Å². The Morgan fingerprint density at radius 2 is 2.22 bits per heavy atom. The predicted molar refractivity (Wildman–Crippen MR) is 86.9 cm³/mol. The average molecular weight is 335 g/mol. The molecule has 2 heterocycles. The van der Waals surface area contributed by atoms with Crippen LogP contribution in [0.4, 0.5) is 0 Å². The van der Waals surface area contributed by atoms with Gasteiger partial charge in [0.2, 0.25) is 5.82 Å². The Morgan fingerprint density at radius 3 is 2.91 bits per heavy atom. The van der Waals surface area contributed by atoms with E-state index in [0.717, 1.165) is 12.8 Å². The fourth-order valence-electron chi connectivity index (χ4n) is 2.76. The molecule has 23 heavy (non-hydrogen) atoms. The van der Waals surface area contributed by atoms with E-state index in [-0.39, 0.29) is 11.7 Å². The van der Waals surface area contributed by atoms with Crippen molar-refractivity contribution < 1.29 is 9.90 Å². The lowest BCUT2D eigenvalue weighted by molar-refractivity contribution is 0.0464. The maximum Gasteiger partial charge on any atom is 0.293 e. The first-order valence-electron chi connectivity index (χ1n) is 7.78. The summed E-state index contributed by atoms with van der Waals surface area (Å²) in [7, 11) is 0. The number of piperidine rings is 1. The van der Waals surface area contributed by atoms with Crippen LogP contribution < -0.4 is 0 Å². The lowest BCUT2D eigenvalue weighted by atomic mass is 10.1. The van der Waals surface area contributed by atoms with Crippen molar-refractivity contribution in [3.05, 3.63) is 40.9 Å². The fourth-order valence-corrected chi connectivity index (χ4v) is 2.98. The number of rotatable bonds is 3. The van der Waals surface area contributed by atoms with Crippen LogP contribution >= 0.6 is 11.6 Å². The summed E-state index contributed by atoms with van der Waals surface area (Å²) < 4.78 is 1.62. The number of hydrogen-bond acceptors (Lipinski definition) is 4. The van der Waals surface area contributed by atoms with Gasteiger partial charge in [-0.25, -0.2) is 9.67 Å². The third-order valence-corrected chi connectivity index (χ3v) is 4.27. The highest BCUT2D eigenvalue weighted by atomic mass is 35.5. The molecule has 1 aromatic carbocycles. The standard InChI is InChI=1S/C16H19ClN4O2/c1-2-14-18-15(16(23)20-9-5-6-11(22)10-20)19-21(14)13-8-4-3-7-12(13)17/h3-4,7-8,11,22H,2,5-6,9-10H2,1H3. The molecule has 1 N–H and O–H groups in total. The number of β-amino-alcohol motifs (C(OH)–C–C–N with tert-alkyl or cyclic N) is 1. The van der Waals surface area contributed by atoms with Gasteiger partial charge in [0.1, 0.15) is 5.82 Å². The molecule has 1 aliphatic heterocycles. The van der Waals surface area contributed by atoms with Crippen molar-refractivity contribution >= 4 is 17.5 Å². The molecule has 1 atom stereocenters. The maximum atomic E-state index is 12.6. The van der Waals surface area contributed by atoms with Crippen molar-refractivity contribution in [2.45, 2.75) is 32.3 Å². The summed E-state index contributed by atoms with van der Waals surface area (Å²) in [5.74, 6) is 0.583. The normalized spacial score (nSPS) is 18.2. The summed E-state index contributed by atoms with van der Waals surface area (Å²) in [5.41, 5.74) is 0.705. The highest BCUT2D eigenvalue weighted by Crippen LogP contribution is 2.21. The van der Waals surface area contributed by atoms with E-state index in [1.165, 1.54) is 0 Å². The molecule has 1 aliphatic rings. The molecule has 1 amide bonds. The third-order valence-electron chi connectivity index (χ3n) is 3.95. The fraction of sp³-hybridized carbons (Fsp3) is 0.438. The number of carbonyl (C=O) groups is 1. The topological polar surface area (TPSA) is 71.2 Å². The zero-order chi connectivity index (χ0) is 16.4. The predicted octanol–water partition coefficient (Wildman–Crippen LogP) is 2.08. The highest BCUT2D eigenvalue weighted by molar-refractivity contribution is 6.32. The Hall–Kier alpha value is -1.92. The molecular weight excluding hydrogens is 316 g/mol. The Morgan fingerprint density at radius 1 is 1.43 bits per heavy atom. The van der Waals surface area contributed by atoms with E-state index in [4.69, 9.17) is 11.6 Å². The van der Waals surface area contributed by atoms with Gasteiger partial charge in [0.15, 0.2) is 0 Å². The van der Waals surface area contributed by atoms with E-state index < -0.39 is 6.10 Å². The smallest absolute Gasteiger partial charge is 0.293 e. The molecule has 122 valence electrons. The number of nitrogens with zero attached hydrogens (tertiary/aromatic N) is 4. The number of amides is 1. The summed E-state index contributed by atoms with van der Waals surface area (Å²) >= 11 is 6.23. The van der Waals surface area contributed by atoms with Gasteiger partial charge in [0.05, 0.1) is 16.8 Å². The summed E-state index contributed by atoms with van der Waals surface area (Å²) in [6.45, 7) is 2.91. The van der Waals surface area contributed by atoms with E-state index >= 15 is 0 Å². The number of likely N-dealkylation sites (tertiary alicyclic amines) is 1. The van der Waals surface area contributed by atoms with Crippen LogP contribution in [0.2, 0.25) is 5.02 Å². The molecule has 0 aliphatic carbocycles. The minimum Gasteiger partial charge on any atom is -0.391 e. The summed E-state index contributed by atoms with van der Waals surface area (Å²) in [5, 5.41) is 14.7. The summed E-state index contributed by atoms with van der Waals surface area (Å²) in [4.78, 5) is 18.6. The average Bonchev–Trinajstić information content (AvgIpc) is 2.98. The first kappa shape index (κ1) is 16.0. The van der Waals surface area contributed by atoms with Crippen LogP contribution in [0, 0.1) is 0 Å². The van der Waals surface area contributed by atoms with E-state index in [0.29, 0.717) is 36.0 Å². The van der Waals surface area contributed by atoms with Gasteiger partial charge in [0.25, 0.3) is 5.91 Å². The van der Waals surface area contributed by atoms with Crippen LogP contribution in [0.1, 0.15) is 36.2 Å². The van der Waals surface area contributed by atoms with Crippen LogP contribution in [-0.2, 0) is 6.42 Å². The van der Waals surface area contributed by atoms with Gasteiger partial charge in [-0.2, -0.15) is 0 Å². The second-order valence-corrected chi connectivity index (χ2v) is 6.02. The monoisotopic (exact) mass is 334 g/mol. The summed E-state index contributed by atoms with van der Waals surface area (Å²) in [6, 6.07) is 7.33. The molecule has 1 aromatic heterocycles. The molecule has 1 fully saturated rings. The highest BCUT2D eigenvalue weighted by Gasteiger charge is 2.27. The molecule has 0 radical (unpaired) electrons. The quantitative estimate of drug-likeness (QED) is 0.933. The molecule has 2 aromatic rings. The van der Waals surface area contributed by atoms with Crippen LogP contribution in [-0.4, -0.2) is 49.9 Å². The largest absolute Gasteiger partial charge is 0.391 e. The van der Waals surface area contributed by atoms with Crippen molar-refractivity contribution in [2.24, 2.45) is 0 Å². The maximum absolute atomic E-state index is 12.6. The Labute approximate surface area is 139 Å². The number of aliphatic hydroxyl groups is 1. The Bertz CT molecular complexity index is 716. The third kappa shape index (κ3) is 3.23. The molecule has 6 nitrogen and oxygen atoms in total. The van der Waals surface area contributed by atoms with Gasteiger partial charge in [-0.05, 0) is 25.0 Å². The van der Waals surface area contributed by atoms with Gasteiger partial charge >= 0.3 is 0 Å². The number of carbonyl (C=O) groups excluding carboxylic acids is 1. The SMILES string of the molecule is CCc1nc(C(=O)N2CCCC(O)C2)nn1-c1ccccc1Cl. The Balaban J connectivity index is 1.93. The van der Waals surface area contributed by atoms with Crippen LogP contribution in [0.25, 0.3) is 5.69 Å². The van der Waals surface area contributed by atoms with Crippen molar-refractivity contribution in [1.82, 2.24) is 19.7 Å². The van der Waals surface area contributed by atoms with Gasteiger partial charge < -0.3 is 10.0 Å². The van der Waals surface area contributed by atoms with Crippen LogP contribution in [0.15, 0.2) is 24.3 Å². The molecule has 0 spiro atoms. The lowest BCUT2D eigenvalue weighted by Gasteiger charge is -2.29.